The Morgan fingerprint density at radius 1 is 1.43 bits per heavy atom. The second kappa shape index (κ2) is 2.51. The van der Waals surface area contributed by atoms with Crippen LogP contribution in [0.1, 0.15) is 5.56 Å². The molecule has 0 atom stereocenters. The van der Waals surface area contributed by atoms with Crippen LogP contribution in [0.15, 0.2) is 28.2 Å². The zero-order chi connectivity index (χ0) is 9.54. The van der Waals surface area contributed by atoms with Crippen molar-refractivity contribution in [1.29, 1.82) is 0 Å². The Balaban J connectivity index is 2.54. The average Bonchev–Trinajstić information content (AvgIpc) is 2.66. The summed E-state index contributed by atoms with van der Waals surface area (Å²) in [5.41, 5.74) is 1.56. The Morgan fingerprint density at radius 3 is 3.29 bits per heavy atom. The van der Waals surface area contributed by atoms with Crippen LogP contribution in [0.3, 0.4) is 0 Å². The molecule has 1 aliphatic heterocycles. The van der Waals surface area contributed by atoms with E-state index in [0.717, 1.165) is 11.1 Å². The van der Waals surface area contributed by atoms with Gasteiger partial charge in [-0.25, -0.2) is 4.99 Å². The number of H-pyrrole nitrogens is 1. The molecule has 0 fully saturated rings. The summed E-state index contributed by atoms with van der Waals surface area (Å²) in [6.07, 6.45) is 5.64. The standard InChI is InChI=1S/C10H7N3O/c14-9-6-1-3-11-5-8(6)13-10-7(9)2-4-12-10/h1,3-5H,2H2,(H,13,14). The number of nitrogens with zero attached hydrogens (tertiary/aromatic N) is 2. The lowest BCUT2D eigenvalue weighted by Crippen LogP contribution is -2.08. The molecule has 0 amide bonds. The van der Waals surface area contributed by atoms with E-state index in [4.69, 9.17) is 0 Å². The van der Waals surface area contributed by atoms with Crippen LogP contribution in [0.5, 0.6) is 0 Å². The molecular weight excluding hydrogens is 178 g/mol. The number of hydrogen-bond donors (Lipinski definition) is 1. The van der Waals surface area contributed by atoms with E-state index in [9.17, 15) is 4.79 Å². The van der Waals surface area contributed by atoms with Gasteiger partial charge in [-0.3, -0.25) is 9.78 Å². The second-order valence-electron chi connectivity index (χ2n) is 3.22. The number of hydrogen-bond acceptors (Lipinski definition) is 3. The van der Waals surface area contributed by atoms with Gasteiger partial charge in [-0.15, -0.1) is 0 Å². The minimum Gasteiger partial charge on any atom is -0.338 e. The molecule has 68 valence electrons. The van der Waals surface area contributed by atoms with Gasteiger partial charge in [0.15, 0.2) is 5.43 Å². The Hall–Kier alpha value is -1.97. The maximum atomic E-state index is 11.9. The van der Waals surface area contributed by atoms with Gasteiger partial charge in [0.25, 0.3) is 0 Å². The summed E-state index contributed by atoms with van der Waals surface area (Å²) in [6.45, 7) is 0. The van der Waals surface area contributed by atoms with Gasteiger partial charge in [0.05, 0.1) is 11.7 Å². The summed E-state index contributed by atoms with van der Waals surface area (Å²) in [7, 11) is 0. The van der Waals surface area contributed by atoms with E-state index < -0.39 is 0 Å². The first kappa shape index (κ1) is 7.44. The second-order valence-corrected chi connectivity index (χ2v) is 3.22. The molecule has 2 aromatic heterocycles. The van der Waals surface area contributed by atoms with Gasteiger partial charge in [0.1, 0.15) is 5.82 Å². The van der Waals surface area contributed by atoms with E-state index >= 15 is 0 Å². The highest BCUT2D eigenvalue weighted by molar-refractivity contribution is 5.84. The third-order valence-electron chi connectivity index (χ3n) is 2.39. The summed E-state index contributed by atoms with van der Waals surface area (Å²) < 4.78 is 0. The van der Waals surface area contributed by atoms with Gasteiger partial charge in [-0.1, -0.05) is 0 Å². The highest BCUT2D eigenvalue weighted by atomic mass is 16.1. The molecule has 4 heteroatoms. The van der Waals surface area contributed by atoms with Crippen molar-refractivity contribution in [3.05, 3.63) is 34.2 Å². The quantitative estimate of drug-likeness (QED) is 0.670. The molecule has 0 saturated heterocycles. The molecule has 2 aromatic rings. The molecule has 0 unspecified atom stereocenters. The van der Waals surface area contributed by atoms with Gasteiger partial charge < -0.3 is 4.98 Å². The third kappa shape index (κ3) is 0.849. The van der Waals surface area contributed by atoms with Crippen molar-refractivity contribution < 1.29 is 0 Å². The maximum absolute atomic E-state index is 11.9. The lowest BCUT2D eigenvalue weighted by atomic mass is 10.1. The van der Waals surface area contributed by atoms with Crippen LogP contribution < -0.4 is 5.43 Å². The lowest BCUT2D eigenvalue weighted by Gasteiger charge is -2.00. The van der Waals surface area contributed by atoms with Gasteiger partial charge in [0.2, 0.25) is 0 Å². The number of fused-ring (bicyclic) bond motifs is 2. The molecule has 4 nitrogen and oxygen atoms in total. The number of aromatic nitrogens is 2. The van der Waals surface area contributed by atoms with E-state index in [1.165, 1.54) is 0 Å². The molecule has 0 bridgehead atoms. The molecule has 0 spiro atoms. The topological polar surface area (TPSA) is 58.1 Å². The fraction of sp³-hybridized carbons (Fsp3) is 0.100. The molecule has 0 aliphatic carbocycles. The predicted molar refractivity (Wildman–Crippen MR) is 54.2 cm³/mol. The molecule has 1 N–H and O–H groups in total. The van der Waals surface area contributed by atoms with Gasteiger partial charge in [-0.05, 0) is 6.07 Å². The van der Waals surface area contributed by atoms with Crippen molar-refractivity contribution in [3.8, 4) is 0 Å². The normalized spacial score (nSPS) is 13.4. The Labute approximate surface area is 79.3 Å². The van der Waals surface area contributed by atoms with Crippen molar-refractivity contribution >= 4 is 22.9 Å². The van der Waals surface area contributed by atoms with E-state index in [-0.39, 0.29) is 5.43 Å². The first-order valence-corrected chi connectivity index (χ1v) is 4.37. The highest BCUT2D eigenvalue weighted by Gasteiger charge is 2.13. The summed E-state index contributed by atoms with van der Waals surface area (Å²) in [5.74, 6) is 0.676. The van der Waals surface area contributed by atoms with Crippen LogP contribution >= 0.6 is 0 Å². The number of rotatable bonds is 0. The molecule has 0 saturated carbocycles. The number of aliphatic imine (C=N–C) groups is 1. The van der Waals surface area contributed by atoms with E-state index in [2.05, 4.69) is 15.0 Å². The van der Waals surface area contributed by atoms with Crippen molar-refractivity contribution in [3.63, 3.8) is 0 Å². The zero-order valence-electron chi connectivity index (χ0n) is 7.32. The number of nitrogens with one attached hydrogen (secondary N) is 1. The van der Waals surface area contributed by atoms with Crippen LogP contribution in [0.4, 0.5) is 5.82 Å². The van der Waals surface area contributed by atoms with Crippen molar-refractivity contribution in [2.45, 2.75) is 6.42 Å². The van der Waals surface area contributed by atoms with Crippen LogP contribution in [0.25, 0.3) is 10.9 Å². The molecule has 0 radical (unpaired) electrons. The highest BCUT2D eigenvalue weighted by Crippen LogP contribution is 2.20. The summed E-state index contributed by atoms with van der Waals surface area (Å²) in [4.78, 5) is 23.0. The fourth-order valence-corrected chi connectivity index (χ4v) is 1.69. The Bertz CT molecular complexity index is 598. The van der Waals surface area contributed by atoms with Crippen molar-refractivity contribution in [2.75, 3.05) is 0 Å². The summed E-state index contributed by atoms with van der Waals surface area (Å²) in [5, 5.41) is 0.684. The first-order valence-electron chi connectivity index (χ1n) is 4.37. The first-order chi connectivity index (χ1) is 6.86. The minimum atomic E-state index is 0.0636. The maximum Gasteiger partial charge on any atom is 0.195 e. The predicted octanol–water partition coefficient (Wildman–Crippen LogP) is 1.18. The molecule has 14 heavy (non-hydrogen) atoms. The lowest BCUT2D eigenvalue weighted by molar-refractivity contribution is 1.25. The minimum absolute atomic E-state index is 0.0636. The Morgan fingerprint density at radius 2 is 2.36 bits per heavy atom. The molecule has 1 aliphatic rings. The van der Waals surface area contributed by atoms with E-state index in [0.29, 0.717) is 17.6 Å². The van der Waals surface area contributed by atoms with Gasteiger partial charge >= 0.3 is 0 Å². The monoisotopic (exact) mass is 185 g/mol. The van der Waals surface area contributed by atoms with E-state index in [1.807, 2.05) is 0 Å². The van der Waals surface area contributed by atoms with Gasteiger partial charge in [-0.2, -0.15) is 0 Å². The van der Waals surface area contributed by atoms with Crippen molar-refractivity contribution in [1.82, 2.24) is 9.97 Å². The third-order valence-corrected chi connectivity index (χ3v) is 2.39. The van der Waals surface area contributed by atoms with Crippen LogP contribution in [-0.2, 0) is 6.42 Å². The molecule has 3 heterocycles. The largest absolute Gasteiger partial charge is 0.338 e. The van der Waals surface area contributed by atoms with Crippen LogP contribution in [-0.4, -0.2) is 16.2 Å². The number of pyridine rings is 2. The van der Waals surface area contributed by atoms with Crippen LogP contribution in [0.2, 0.25) is 0 Å². The fourth-order valence-electron chi connectivity index (χ4n) is 1.69. The van der Waals surface area contributed by atoms with Crippen molar-refractivity contribution in [2.24, 2.45) is 4.99 Å². The summed E-state index contributed by atoms with van der Waals surface area (Å²) in [6, 6.07) is 1.73. The smallest absolute Gasteiger partial charge is 0.195 e. The number of aromatic amines is 1. The zero-order valence-corrected chi connectivity index (χ0v) is 7.32. The molecule has 3 rings (SSSR count). The average molecular weight is 185 g/mol. The SMILES string of the molecule is O=c1c2c([nH]c3cnccc13)N=CC2. The Kier molecular flexibility index (Phi) is 1.33. The van der Waals surface area contributed by atoms with Gasteiger partial charge in [0, 0.05) is 29.8 Å². The van der Waals surface area contributed by atoms with Crippen LogP contribution in [0, 0.1) is 0 Å². The van der Waals surface area contributed by atoms with E-state index in [1.54, 1.807) is 24.7 Å². The summed E-state index contributed by atoms with van der Waals surface area (Å²) >= 11 is 0. The molecular formula is C10H7N3O. The molecule has 0 aromatic carbocycles.